The molecule has 3 aromatic rings. The molecular weight excluding hydrogens is 426 g/mol. The van der Waals surface area contributed by atoms with Gasteiger partial charge in [-0.25, -0.2) is 0 Å². The van der Waals surface area contributed by atoms with E-state index in [4.69, 9.17) is 5.73 Å². The van der Waals surface area contributed by atoms with Gasteiger partial charge >= 0.3 is 0 Å². The largest absolute Gasteiger partial charge is 0.506 e. The smallest absolute Gasteiger partial charge is 0.296 e. The summed E-state index contributed by atoms with van der Waals surface area (Å²) in [6.45, 7) is 0. The van der Waals surface area contributed by atoms with Crippen LogP contribution in [0.5, 0.6) is 11.5 Å². The fraction of sp³-hybridized carbons (Fsp3) is 0. The molecule has 0 aliphatic rings. The summed E-state index contributed by atoms with van der Waals surface area (Å²) in [7, 11) is -9.95. The number of aromatic hydroxyl groups is 2. The van der Waals surface area contributed by atoms with E-state index < -0.39 is 46.9 Å². The van der Waals surface area contributed by atoms with Crippen molar-refractivity contribution in [2.24, 2.45) is 10.2 Å². The number of nitrogens with two attached hydrogens (primary N) is 1. The number of hydrogen-bond acceptors (Lipinski definition) is 9. The number of benzene rings is 3. The molecule has 3 rings (SSSR count). The standard InChI is InChI=1S/C16H13N3O8S2/c17-15-13(29(25,26)27)7-12(28(22,23)24)8-5-6-10(16(21)14(8)15)19-18-9-3-1-2-4-11(9)20/h1-7,20-21H,17H2,(H,22,23,24)(H,25,26,27). The number of para-hydroxylation sites is 1. The molecule has 0 heterocycles. The van der Waals surface area contributed by atoms with Crippen LogP contribution in [-0.4, -0.2) is 36.2 Å². The normalized spacial score (nSPS) is 12.6. The third-order valence-electron chi connectivity index (χ3n) is 3.92. The van der Waals surface area contributed by atoms with Crippen LogP contribution in [-0.2, 0) is 20.2 Å². The zero-order valence-electron chi connectivity index (χ0n) is 14.3. The Morgan fingerprint density at radius 1 is 0.793 bits per heavy atom. The van der Waals surface area contributed by atoms with Crippen molar-refractivity contribution in [1.82, 2.24) is 0 Å². The van der Waals surface area contributed by atoms with Crippen molar-refractivity contribution in [3.8, 4) is 11.5 Å². The van der Waals surface area contributed by atoms with Crippen molar-refractivity contribution >= 4 is 48.1 Å². The molecule has 0 bridgehead atoms. The maximum absolute atomic E-state index is 11.7. The van der Waals surface area contributed by atoms with E-state index in [2.05, 4.69) is 10.2 Å². The Hall–Kier alpha value is -3.26. The highest BCUT2D eigenvalue weighted by atomic mass is 32.2. The second kappa shape index (κ2) is 6.97. The summed E-state index contributed by atoms with van der Waals surface area (Å²) in [5.41, 5.74) is 4.88. The summed E-state index contributed by atoms with van der Waals surface area (Å²) in [5.74, 6) is -0.951. The van der Waals surface area contributed by atoms with Crippen molar-refractivity contribution in [2.75, 3.05) is 5.73 Å². The number of phenolic OH excluding ortho intramolecular Hbond substituents is 2. The van der Waals surface area contributed by atoms with Crippen LogP contribution >= 0.6 is 0 Å². The fourth-order valence-corrected chi connectivity index (χ4v) is 4.06. The topological polar surface area (TPSA) is 200 Å². The first-order valence-electron chi connectivity index (χ1n) is 7.64. The lowest BCUT2D eigenvalue weighted by Crippen LogP contribution is -2.08. The molecule has 0 radical (unpaired) electrons. The Morgan fingerprint density at radius 3 is 1.97 bits per heavy atom. The maximum atomic E-state index is 11.7. The van der Waals surface area contributed by atoms with E-state index >= 15 is 0 Å². The number of anilines is 1. The van der Waals surface area contributed by atoms with Crippen molar-refractivity contribution < 1.29 is 36.2 Å². The molecule has 3 aromatic carbocycles. The van der Waals surface area contributed by atoms with E-state index in [0.717, 1.165) is 12.1 Å². The summed E-state index contributed by atoms with van der Waals surface area (Å²) in [6.07, 6.45) is 0. The van der Waals surface area contributed by atoms with Crippen molar-refractivity contribution in [1.29, 1.82) is 0 Å². The van der Waals surface area contributed by atoms with Gasteiger partial charge in [-0.1, -0.05) is 18.2 Å². The first-order chi connectivity index (χ1) is 13.4. The first-order valence-corrected chi connectivity index (χ1v) is 10.5. The summed E-state index contributed by atoms with van der Waals surface area (Å²) in [5, 5.41) is 26.9. The highest BCUT2D eigenvalue weighted by Crippen LogP contribution is 2.43. The van der Waals surface area contributed by atoms with E-state index in [-0.39, 0.29) is 22.5 Å². The van der Waals surface area contributed by atoms with Gasteiger partial charge in [0.25, 0.3) is 20.2 Å². The van der Waals surface area contributed by atoms with Gasteiger partial charge in [-0.3, -0.25) is 9.11 Å². The lowest BCUT2D eigenvalue weighted by molar-refractivity contribution is 0.475. The molecule has 29 heavy (non-hydrogen) atoms. The molecule has 152 valence electrons. The Balaban J connectivity index is 2.35. The maximum Gasteiger partial charge on any atom is 0.296 e. The number of rotatable bonds is 4. The van der Waals surface area contributed by atoms with Crippen LogP contribution in [0.15, 0.2) is 62.5 Å². The number of fused-ring (bicyclic) bond motifs is 1. The predicted octanol–water partition coefficient (Wildman–Crippen LogP) is 2.74. The molecule has 0 saturated carbocycles. The SMILES string of the molecule is Nc1c(S(=O)(=O)O)cc(S(=O)(=O)O)c2ccc(N=Nc3ccccc3O)c(O)c12. The summed E-state index contributed by atoms with van der Waals surface area (Å²) in [6, 6.07) is 8.63. The Labute approximate surface area is 164 Å². The molecule has 0 saturated heterocycles. The predicted molar refractivity (Wildman–Crippen MR) is 102 cm³/mol. The highest BCUT2D eigenvalue weighted by molar-refractivity contribution is 7.87. The van der Waals surface area contributed by atoms with Gasteiger partial charge in [0.15, 0.2) is 5.75 Å². The van der Waals surface area contributed by atoms with E-state index in [1.54, 1.807) is 12.1 Å². The third kappa shape index (κ3) is 3.84. The van der Waals surface area contributed by atoms with Crippen LogP contribution in [0.1, 0.15) is 0 Å². The molecular formula is C16H13N3O8S2. The van der Waals surface area contributed by atoms with Crippen molar-refractivity contribution in [3.63, 3.8) is 0 Å². The minimum absolute atomic E-state index is 0.0604. The van der Waals surface area contributed by atoms with Gasteiger partial charge in [-0.05, 0) is 24.3 Å². The average molecular weight is 439 g/mol. The van der Waals surface area contributed by atoms with Crippen LogP contribution in [0, 0.1) is 0 Å². The van der Waals surface area contributed by atoms with Crippen molar-refractivity contribution in [2.45, 2.75) is 9.79 Å². The zero-order valence-corrected chi connectivity index (χ0v) is 15.9. The van der Waals surface area contributed by atoms with Crippen molar-refractivity contribution in [3.05, 3.63) is 42.5 Å². The number of nitrogens with zero attached hydrogens (tertiary/aromatic N) is 2. The van der Waals surface area contributed by atoms with Crippen LogP contribution in [0.25, 0.3) is 10.8 Å². The second-order valence-corrected chi connectivity index (χ2v) is 8.56. The number of hydrogen-bond donors (Lipinski definition) is 5. The van der Waals surface area contributed by atoms with Gasteiger partial charge in [0.1, 0.15) is 26.9 Å². The minimum atomic E-state index is -5.00. The summed E-state index contributed by atoms with van der Waals surface area (Å²) in [4.78, 5) is -1.92. The monoisotopic (exact) mass is 439 g/mol. The highest BCUT2D eigenvalue weighted by Gasteiger charge is 2.26. The Kier molecular flexibility index (Phi) is 4.92. The van der Waals surface area contributed by atoms with Gasteiger partial charge < -0.3 is 15.9 Å². The molecule has 0 aromatic heterocycles. The number of nitrogen functional groups attached to an aromatic ring is 1. The zero-order chi connectivity index (χ0) is 21.6. The third-order valence-corrected chi connectivity index (χ3v) is 5.71. The van der Waals surface area contributed by atoms with Gasteiger partial charge in [0.2, 0.25) is 0 Å². The average Bonchev–Trinajstić information content (AvgIpc) is 2.60. The molecule has 0 unspecified atom stereocenters. The van der Waals surface area contributed by atoms with E-state index in [1.165, 1.54) is 12.1 Å². The first kappa shape index (κ1) is 20.5. The van der Waals surface area contributed by atoms with E-state index in [1.807, 2.05) is 0 Å². The molecule has 6 N–H and O–H groups in total. The van der Waals surface area contributed by atoms with Gasteiger partial charge in [0.05, 0.1) is 11.1 Å². The number of azo groups is 1. The van der Waals surface area contributed by atoms with E-state index in [0.29, 0.717) is 6.07 Å². The van der Waals surface area contributed by atoms with Crippen LogP contribution in [0.3, 0.4) is 0 Å². The van der Waals surface area contributed by atoms with Crippen LogP contribution < -0.4 is 5.73 Å². The molecule has 0 fully saturated rings. The molecule has 0 aliphatic carbocycles. The van der Waals surface area contributed by atoms with Crippen LogP contribution in [0.2, 0.25) is 0 Å². The number of phenols is 2. The summed E-state index contributed by atoms with van der Waals surface area (Å²) < 4.78 is 65.2. The van der Waals surface area contributed by atoms with Gasteiger partial charge in [0, 0.05) is 5.39 Å². The molecule has 0 atom stereocenters. The lowest BCUT2D eigenvalue weighted by atomic mass is 10.1. The van der Waals surface area contributed by atoms with Gasteiger partial charge in [-0.15, -0.1) is 10.2 Å². The van der Waals surface area contributed by atoms with Gasteiger partial charge in [-0.2, -0.15) is 16.8 Å². The fourth-order valence-electron chi connectivity index (χ4n) is 2.62. The van der Waals surface area contributed by atoms with Crippen LogP contribution in [0.4, 0.5) is 17.1 Å². The molecule has 11 nitrogen and oxygen atoms in total. The second-order valence-electron chi connectivity index (χ2n) is 5.78. The Morgan fingerprint density at radius 2 is 1.38 bits per heavy atom. The Bertz CT molecular complexity index is 1380. The van der Waals surface area contributed by atoms with E-state index in [9.17, 15) is 36.2 Å². The molecule has 0 amide bonds. The molecule has 0 aliphatic heterocycles. The molecule has 0 spiro atoms. The quantitative estimate of drug-likeness (QED) is 0.230. The summed E-state index contributed by atoms with van der Waals surface area (Å²) >= 11 is 0. The molecule has 13 heteroatoms. The minimum Gasteiger partial charge on any atom is -0.506 e. The lowest BCUT2D eigenvalue weighted by Gasteiger charge is -2.13.